The van der Waals surface area contributed by atoms with E-state index in [1.54, 1.807) is 0 Å². The topological polar surface area (TPSA) is 49.9 Å². The fourth-order valence-electron chi connectivity index (χ4n) is 1.56. The Morgan fingerprint density at radius 2 is 2.30 bits per heavy atom. The molecular weight excluding hydrogens is 124 g/mol. The molecule has 0 radical (unpaired) electrons. The van der Waals surface area contributed by atoms with E-state index in [9.17, 15) is 0 Å². The third kappa shape index (κ3) is 2.10. The van der Waals surface area contributed by atoms with Gasteiger partial charge in [-0.15, -0.1) is 0 Å². The summed E-state index contributed by atoms with van der Waals surface area (Å²) in [4.78, 5) is 0. The van der Waals surface area contributed by atoms with Gasteiger partial charge >= 0.3 is 0 Å². The Labute approximate surface area is 62.3 Å². The van der Waals surface area contributed by atoms with E-state index in [0.717, 1.165) is 37.3 Å². The van der Waals surface area contributed by atoms with E-state index in [2.05, 4.69) is 6.92 Å². The molecule has 0 aliphatic heterocycles. The molecule has 2 heteroatoms. The van der Waals surface area contributed by atoms with Crippen molar-refractivity contribution in [2.24, 2.45) is 11.7 Å². The standard InChI is InChI=1S/C8H16N2/c1-6-2-3-7(9)5-8(10)4-6/h6,8-9H,2-5,10H2,1H3. The molecule has 1 saturated carbocycles. The maximum atomic E-state index is 7.47. The van der Waals surface area contributed by atoms with Crippen LogP contribution < -0.4 is 5.73 Å². The molecule has 2 nitrogen and oxygen atoms in total. The van der Waals surface area contributed by atoms with Gasteiger partial charge in [-0.25, -0.2) is 0 Å². The molecule has 58 valence electrons. The fourth-order valence-corrected chi connectivity index (χ4v) is 1.56. The fraction of sp³-hybridized carbons (Fsp3) is 0.875. The summed E-state index contributed by atoms with van der Waals surface area (Å²) in [6.07, 6.45) is 4.05. The largest absolute Gasteiger partial charge is 0.327 e. The van der Waals surface area contributed by atoms with Crippen molar-refractivity contribution >= 4 is 5.71 Å². The highest BCUT2D eigenvalue weighted by molar-refractivity contribution is 5.82. The van der Waals surface area contributed by atoms with Gasteiger partial charge in [-0.3, -0.25) is 0 Å². The van der Waals surface area contributed by atoms with Crippen LogP contribution in [0.4, 0.5) is 0 Å². The minimum Gasteiger partial charge on any atom is -0.327 e. The van der Waals surface area contributed by atoms with Gasteiger partial charge in [0.05, 0.1) is 0 Å². The van der Waals surface area contributed by atoms with Crippen LogP contribution in [0.15, 0.2) is 0 Å². The monoisotopic (exact) mass is 140 g/mol. The first kappa shape index (κ1) is 7.73. The second-order valence-electron chi connectivity index (χ2n) is 3.45. The average Bonchev–Trinajstić information content (AvgIpc) is 1.93. The van der Waals surface area contributed by atoms with E-state index in [4.69, 9.17) is 11.1 Å². The molecule has 0 aromatic carbocycles. The van der Waals surface area contributed by atoms with Gasteiger partial charge in [0.2, 0.25) is 0 Å². The first-order valence-electron chi connectivity index (χ1n) is 4.00. The molecule has 0 aromatic heterocycles. The molecule has 0 bridgehead atoms. The highest BCUT2D eigenvalue weighted by atomic mass is 14.6. The molecule has 1 aliphatic rings. The lowest BCUT2D eigenvalue weighted by molar-refractivity contribution is 0.469. The third-order valence-electron chi connectivity index (χ3n) is 2.15. The molecule has 3 N–H and O–H groups in total. The highest BCUT2D eigenvalue weighted by Crippen LogP contribution is 2.19. The smallest absolute Gasteiger partial charge is 0.0105 e. The van der Waals surface area contributed by atoms with Gasteiger partial charge in [0.15, 0.2) is 0 Å². The van der Waals surface area contributed by atoms with Gasteiger partial charge in [0.1, 0.15) is 0 Å². The molecule has 1 aliphatic carbocycles. The number of nitrogens with one attached hydrogen (secondary N) is 1. The van der Waals surface area contributed by atoms with Gasteiger partial charge < -0.3 is 11.1 Å². The van der Waals surface area contributed by atoms with Crippen LogP contribution in [0.3, 0.4) is 0 Å². The normalized spacial score (nSPS) is 35.6. The van der Waals surface area contributed by atoms with Gasteiger partial charge in [-0.1, -0.05) is 6.92 Å². The minimum absolute atomic E-state index is 0.255. The van der Waals surface area contributed by atoms with E-state index in [-0.39, 0.29) is 6.04 Å². The zero-order valence-corrected chi connectivity index (χ0v) is 6.56. The van der Waals surface area contributed by atoms with Crippen LogP contribution in [0.25, 0.3) is 0 Å². The van der Waals surface area contributed by atoms with Crippen molar-refractivity contribution in [2.75, 3.05) is 0 Å². The van der Waals surface area contributed by atoms with Crippen LogP contribution in [0.2, 0.25) is 0 Å². The van der Waals surface area contributed by atoms with Gasteiger partial charge in [-0.05, 0) is 25.2 Å². The molecule has 10 heavy (non-hydrogen) atoms. The molecule has 0 aromatic rings. The summed E-state index contributed by atoms with van der Waals surface area (Å²) in [5.74, 6) is 0.720. The number of nitrogens with two attached hydrogens (primary N) is 1. The van der Waals surface area contributed by atoms with Crippen LogP contribution in [0, 0.1) is 11.3 Å². The molecule has 0 spiro atoms. The maximum Gasteiger partial charge on any atom is 0.0105 e. The SMILES string of the molecule is CC1CCC(=N)CC(N)C1. The summed E-state index contributed by atoms with van der Waals surface area (Å²) in [5, 5.41) is 7.47. The molecule has 1 rings (SSSR count). The third-order valence-corrected chi connectivity index (χ3v) is 2.15. The van der Waals surface area contributed by atoms with E-state index in [1.165, 1.54) is 0 Å². The van der Waals surface area contributed by atoms with E-state index >= 15 is 0 Å². The van der Waals surface area contributed by atoms with E-state index in [1.807, 2.05) is 0 Å². The van der Waals surface area contributed by atoms with Gasteiger partial charge in [-0.2, -0.15) is 0 Å². The summed E-state index contributed by atoms with van der Waals surface area (Å²) in [6, 6.07) is 0.255. The minimum atomic E-state index is 0.255. The number of rotatable bonds is 0. The lowest BCUT2D eigenvalue weighted by atomic mass is 10.0. The Morgan fingerprint density at radius 3 is 3.00 bits per heavy atom. The van der Waals surface area contributed by atoms with Gasteiger partial charge in [0, 0.05) is 18.2 Å². The molecule has 2 unspecified atom stereocenters. The summed E-state index contributed by atoms with van der Waals surface area (Å²) >= 11 is 0. The zero-order valence-electron chi connectivity index (χ0n) is 6.56. The quantitative estimate of drug-likeness (QED) is 0.493. The van der Waals surface area contributed by atoms with Crippen molar-refractivity contribution in [3.05, 3.63) is 0 Å². The van der Waals surface area contributed by atoms with E-state index in [0.29, 0.717) is 0 Å². The average molecular weight is 140 g/mol. The molecule has 0 amide bonds. The van der Waals surface area contributed by atoms with Crippen molar-refractivity contribution in [3.63, 3.8) is 0 Å². The first-order chi connectivity index (χ1) is 4.68. The Hall–Kier alpha value is -0.370. The Balaban J connectivity index is 2.46. The van der Waals surface area contributed by atoms with Crippen LogP contribution >= 0.6 is 0 Å². The number of hydrogen-bond donors (Lipinski definition) is 2. The van der Waals surface area contributed by atoms with Crippen molar-refractivity contribution in [3.8, 4) is 0 Å². The maximum absolute atomic E-state index is 7.47. The number of hydrogen-bond acceptors (Lipinski definition) is 2. The lowest BCUT2D eigenvalue weighted by Crippen LogP contribution is -2.22. The summed E-state index contributed by atoms with van der Waals surface area (Å²) < 4.78 is 0. The molecule has 2 atom stereocenters. The summed E-state index contributed by atoms with van der Waals surface area (Å²) in [6.45, 7) is 2.22. The van der Waals surface area contributed by atoms with Crippen LogP contribution in [0.5, 0.6) is 0 Å². The Kier molecular flexibility index (Phi) is 2.44. The molecule has 0 saturated heterocycles. The molecule has 1 fully saturated rings. The predicted molar refractivity (Wildman–Crippen MR) is 43.3 cm³/mol. The van der Waals surface area contributed by atoms with Crippen molar-refractivity contribution in [2.45, 2.75) is 38.6 Å². The first-order valence-corrected chi connectivity index (χ1v) is 4.00. The lowest BCUT2D eigenvalue weighted by Gasteiger charge is -2.09. The molecule has 0 heterocycles. The Morgan fingerprint density at radius 1 is 1.60 bits per heavy atom. The van der Waals surface area contributed by atoms with Crippen molar-refractivity contribution < 1.29 is 0 Å². The zero-order chi connectivity index (χ0) is 7.56. The van der Waals surface area contributed by atoms with Crippen LogP contribution in [-0.4, -0.2) is 11.8 Å². The Bertz CT molecular complexity index is 131. The van der Waals surface area contributed by atoms with Crippen molar-refractivity contribution in [1.29, 1.82) is 5.41 Å². The predicted octanol–water partition coefficient (Wildman–Crippen LogP) is 1.54. The van der Waals surface area contributed by atoms with Crippen molar-refractivity contribution in [1.82, 2.24) is 0 Å². The summed E-state index contributed by atoms with van der Waals surface area (Å²) in [5.41, 5.74) is 6.62. The van der Waals surface area contributed by atoms with Crippen LogP contribution in [0.1, 0.15) is 32.6 Å². The van der Waals surface area contributed by atoms with Crippen LogP contribution in [-0.2, 0) is 0 Å². The van der Waals surface area contributed by atoms with Gasteiger partial charge in [0.25, 0.3) is 0 Å². The second-order valence-corrected chi connectivity index (χ2v) is 3.45. The highest BCUT2D eigenvalue weighted by Gasteiger charge is 2.16. The van der Waals surface area contributed by atoms with E-state index < -0.39 is 0 Å². The second kappa shape index (κ2) is 3.15. The molecular formula is C8H16N2. The summed E-state index contributed by atoms with van der Waals surface area (Å²) in [7, 11) is 0.